The minimum absolute atomic E-state index is 0.292. The Morgan fingerprint density at radius 2 is 2.13 bits per heavy atom. The third-order valence-electron chi connectivity index (χ3n) is 3.76. The monoisotopic (exact) mass is 337 g/mol. The van der Waals surface area contributed by atoms with Crippen molar-refractivity contribution >= 4 is 23.8 Å². The summed E-state index contributed by atoms with van der Waals surface area (Å²) in [5.41, 5.74) is 4.50. The molecule has 1 aliphatic carbocycles. The van der Waals surface area contributed by atoms with Crippen molar-refractivity contribution in [3.63, 3.8) is 0 Å². The largest absolute Gasteiger partial charge is 0.434 e. The summed E-state index contributed by atoms with van der Waals surface area (Å²) in [6.07, 6.45) is 5.76. The lowest BCUT2D eigenvalue weighted by atomic mass is 10.1. The van der Waals surface area contributed by atoms with Crippen LogP contribution in [0.25, 0.3) is 0 Å². The first kappa shape index (κ1) is 17.6. The number of hydrogen-bond donors (Lipinski definition) is 2. The Hall–Kier alpha value is -1.76. The minimum Gasteiger partial charge on any atom is -0.434 e. The molecule has 2 amide bonds. The van der Waals surface area contributed by atoms with Gasteiger partial charge in [0, 0.05) is 16.3 Å². The summed E-state index contributed by atoms with van der Waals surface area (Å²) in [5, 5.41) is 3.39. The normalized spacial score (nSPS) is 15.4. The number of rotatable bonds is 6. The van der Waals surface area contributed by atoms with Gasteiger partial charge in [-0.25, -0.2) is 4.79 Å². The fourth-order valence-electron chi connectivity index (χ4n) is 2.52. The molecule has 0 saturated heterocycles. The van der Waals surface area contributed by atoms with Crippen LogP contribution in [0.4, 0.5) is 4.79 Å². The first-order valence-corrected chi connectivity index (χ1v) is 8.64. The zero-order chi connectivity index (χ0) is 16.9. The van der Waals surface area contributed by atoms with Crippen molar-refractivity contribution in [3.05, 3.63) is 24.0 Å². The fourth-order valence-corrected chi connectivity index (χ4v) is 3.87. The van der Waals surface area contributed by atoms with Crippen LogP contribution in [0, 0.1) is 0 Å². The number of nitrogens with zero attached hydrogens (tertiary/aromatic N) is 1. The number of carbonyl (C=O) groups excluding carboxylic acids is 2. The number of ether oxygens (including phenoxy) is 1. The molecule has 7 heteroatoms. The molecule has 1 fully saturated rings. The number of amides is 2. The Bertz CT molecular complexity index is 571. The van der Waals surface area contributed by atoms with E-state index < -0.39 is 17.6 Å². The van der Waals surface area contributed by atoms with Gasteiger partial charge in [-0.3, -0.25) is 9.78 Å². The van der Waals surface area contributed by atoms with Crippen molar-refractivity contribution in [2.24, 2.45) is 5.73 Å². The Morgan fingerprint density at radius 3 is 2.78 bits per heavy atom. The Labute approximate surface area is 140 Å². The van der Waals surface area contributed by atoms with Gasteiger partial charge in [0.1, 0.15) is 0 Å². The summed E-state index contributed by atoms with van der Waals surface area (Å²) in [4.78, 5) is 28.5. The summed E-state index contributed by atoms with van der Waals surface area (Å²) in [6, 6.07) is 3.94. The van der Waals surface area contributed by atoms with Gasteiger partial charge in [-0.1, -0.05) is 12.8 Å². The van der Waals surface area contributed by atoms with Crippen molar-refractivity contribution in [2.75, 3.05) is 0 Å². The third kappa shape index (κ3) is 5.13. The van der Waals surface area contributed by atoms with E-state index in [1.807, 2.05) is 23.9 Å². The minimum atomic E-state index is -1.31. The summed E-state index contributed by atoms with van der Waals surface area (Å²) < 4.78 is 4.83. The van der Waals surface area contributed by atoms with Crippen molar-refractivity contribution < 1.29 is 14.3 Å². The quantitative estimate of drug-likeness (QED) is 0.832. The number of nitrogens with one attached hydrogen (secondary N) is 1. The van der Waals surface area contributed by atoms with Gasteiger partial charge in [0.05, 0.1) is 12.2 Å². The van der Waals surface area contributed by atoms with Crippen LogP contribution < -0.4 is 11.1 Å². The summed E-state index contributed by atoms with van der Waals surface area (Å²) in [7, 11) is 0. The first-order valence-electron chi connectivity index (χ1n) is 7.76. The van der Waals surface area contributed by atoms with E-state index in [4.69, 9.17) is 10.5 Å². The number of aromatic nitrogens is 1. The molecule has 1 heterocycles. The van der Waals surface area contributed by atoms with Crippen LogP contribution in [0.5, 0.6) is 0 Å². The lowest BCUT2D eigenvalue weighted by molar-refractivity contribution is -0.136. The van der Waals surface area contributed by atoms with Crippen LogP contribution in [0.1, 0.15) is 45.2 Å². The van der Waals surface area contributed by atoms with Gasteiger partial charge in [0.2, 0.25) is 0 Å². The number of primary amides is 1. The molecule has 0 spiro atoms. The second-order valence-corrected chi connectivity index (χ2v) is 7.43. The highest BCUT2D eigenvalue weighted by Crippen LogP contribution is 2.35. The maximum atomic E-state index is 12.2. The number of thioether (sulfide) groups is 1. The Kier molecular flexibility index (Phi) is 5.87. The summed E-state index contributed by atoms with van der Waals surface area (Å²) in [6.45, 7) is 3.29. The van der Waals surface area contributed by atoms with E-state index in [0.29, 0.717) is 11.8 Å². The van der Waals surface area contributed by atoms with Crippen LogP contribution >= 0.6 is 11.8 Å². The molecule has 1 aromatic rings. The number of nitrogens with two attached hydrogens (primary N) is 1. The number of hydrogen-bond acceptors (Lipinski definition) is 5. The van der Waals surface area contributed by atoms with Gasteiger partial charge in [0.25, 0.3) is 5.91 Å². The molecule has 3 N–H and O–H groups in total. The first-order chi connectivity index (χ1) is 10.9. The zero-order valence-electron chi connectivity index (χ0n) is 13.5. The molecule has 0 radical (unpaired) electrons. The molecule has 1 aliphatic rings. The molecule has 23 heavy (non-hydrogen) atoms. The molecular weight excluding hydrogens is 314 g/mol. The van der Waals surface area contributed by atoms with E-state index >= 15 is 0 Å². The predicted molar refractivity (Wildman–Crippen MR) is 88.9 cm³/mol. The highest BCUT2D eigenvalue weighted by Gasteiger charge is 2.31. The Morgan fingerprint density at radius 1 is 1.43 bits per heavy atom. The molecule has 1 aromatic heterocycles. The van der Waals surface area contributed by atoms with Gasteiger partial charge in [0.15, 0.2) is 5.60 Å². The van der Waals surface area contributed by atoms with Crippen molar-refractivity contribution in [1.29, 1.82) is 0 Å². The highest BCUT2D eigenvalue weighted by atomic mass is 32.2. The van der Waals surface area contributed by atoms with Crippen molar-refractivity contribution in [1.82, 2.24) is 10.3 Å². The zero-order valence-corrected chi connectivity index (χ0v) is 14.3. The van der Waals surface area contributed by atoms with E-state index in [9.17, 15) is 9.59 Å². The molecule has 0 bridgehead atoms. The summed E-state index contributed by atoms with van der Waals surface area (Å²) >= 11 is 1.83. The van der Waals surface area contributed by atoms with E-state index in [-0.39, 0.29) is 0 Å². The van der Waals surface area contributed by atoms with E-state index in [1.165, 1.54) is 39.5 Å². The standard InChI is InChI=1S/C16H23N3O3S/c1-16(2,22-15(17)21)14(20)19-10-12-13(8-5-9-18-12)23-11-6-3-4-7-11/h5,8-9,11H,3-4,6-7,10H2,1-2H3,(H2,17,21)(H,19,20). The van der Waals surface area contributed by atoms with E-state index in [2.05, 4.69) is 10.3 Å². The summed E-state index contributed by atoms with van der Waals surface area (Å²) in [5.74, 6) is -0.404. The Balaban J connectivity index is 1.97. The fraction of sp³-hybridized carbons (Fsp3) is 0.562. The molecule has 0 unspecified atom stereocenters. The molecule has 1 saturated carbocycles. The van der Waals surface area contributed by atoms with Crippen LogP contribution in [-0.4, -0.2) is 27.8 Å². The van der Waals surface area contributed by atoms with Gasteiger partial charge in [-0.15, -0.1) is 11.8 Å². The molecular formula is C16H23N3O3S. The van der Waals surface area contributed by atoms with Crippen LogP contribution in [0.2, 0.25) is 0 Å². The predicted octanol–water partition coefficient (Wildman–Crippen LogP) is 2.61. The van der Waals surface area contributed by atoms with E-state index in [0.717, 1.165) is 10.6 Å². The number of carbonyl (C=O) groups is 2. The number of pyridine rings is 1. The second kappa shape index (κ2) is 7.68. The topological polar surface area (TPSA) is 94.3 Å². The maximum absolute atomic E-state index is 12.2. The maximum Gasteiger partial charge on any atom is 0.405 e. The van der Waals surface area contributed by atoms with Gasteiger partial charge < -0.3 is 15.8 Å². The average Bonchev–Trinajstić information content (AvgIpc) is 2.97. The smallest absolute Gasteiger partial charge is 0.405 e. The molecule has 126 valence electrons. The van der Waals surface area contributed by atoms with Crippen LogP contribution in [0.3, 0.4) is 0 Å². The highest BCUT2D eigenvalue weighted by molar-refractivity contribution is 8.00. The van der Waals surface area contributed by atoms with Gasteiger partial charge in [-0.2, -0.15) is 0 Å². The van der Waals surface area contributed by atoms with Crippen LogP contribution in [0.15, 0.2) is 23.2 Å². The third-order valence-corrected chi connectivity index (χ3v) is 5.19. The second-order valence-electron chi connectivity index (χ2n) is 6.09. The lowest BCUT2D eigenvalue weighted by Crippen LogP contribution is -2.46. The molecule has 0 atom stereocenters. The molecule has 0 aliphatic heterocycles. The van der Waals surface area contributed by atoms with Crippen LogP contribution in [-0.2, 0) is 16.1 Å². The van der Waals surface area contributed by atoms with Crippen molar-refractivity contribution in [2.45, 2.75) is 61.8 Å². The SMILES string of the molecule is CC(C)(OC(N)=O)C(=O)NCc1ncccc1SC1CCCC1. The van der Waals surface area contributed by atoms with E-state index in [1.54, 1.807) is 6.20 Å². The van der Waals surface area contributed by atoms with Gasteiger partial charge in [-0.05, 0) is 38.8 Å². The molecule has 2 rings (SSSR count). The average molecular weight is 337 g/mol. The van der Waals surface area contributed by atoms with Crippen molar-refractivity contribution in [3.8, 4) is 0 Å². The lowest BCUT2D eigenvalue weighted by Gasteiger charge is -2.23. The molecule has 0 aromatic carbocycles. The molecule has 6 nitrogen and oxygen atoms in total. The van der Waals surface area contributed by atoms with Gasteiger partial charge >= 0.3 is 6.09 Å².